The lowest BCUT2D eigenvalue weighted by Crippen LogP contribution is -1.97. The third kappa shape index (κ3) is 3.12. The van der Waals surface area contributed by atoms with Crippen molar-refractivity contribution in [1.29, 1.82) is 0 Å². The van der Waals surface area contributed by atoms with Crippen molar-refractivity contribution in [3.8, 4) is 28.4 Å². The number of nitrogens with one attached hydrogen (secondary N) is 2. The van der Waals surface area contributed by atoms with Crippen molar-refractivity contribution in [2.75, 3.05) is 0 Å². The van der Waals surface area contributed by atoms with Gasteiger partial charge in [0.15, 0.2) is 0 Å². The van der Waals surface area contributed by atoms with E-state index in [2.05, 4.69) is 25.1 Å². The average molecular weight is 367 g/mol. The van der Waals surface area contributed by atoms with Gasteiger partial charge < -0.3 is 9.72 Å². The summed E-state index contributed by atoms with van der Waals surface area (Å²) in [5, 5.41) is 7.02. The maximum absolute atomic E-state index is 5.95. The first-order valence-electron chi connectivity index (χ1n) is 8.97. The zero-order chi connectivity index (χ0) is 18.8. The highest BCUT2D eigenvalue weighted by molar-refractivity contribution is 5.79. The highest BCUT2D eigenvalue weighted by Gasteiger charge is 2.09. The topological polar surface area (TPSA) is 79.5 Å². The number of rotatable bonds is 5. The van der Waals surface area contributed by atoms with E-state index in [4.69, 9.17) is 4.74 Å². The summed E-state index contributed by atoms with van der Waals surface area (Å²) in [5.41, 5.74) is 6.04. The predicted molar refractivity (Wildman–Crippen MR) is 108 cm³/mol. The van der Waals surface area contributed by atoms with E-state index in [0.29, 0.717) is 12.5 Å². The third-order valence-electron chi connectivity index (χ3n) is 4.60. The fraction of sp³-hybridized carbons (Fsp3) is 0.0455. The number of imidazole rings is 1. The van der Waals surface area contributed by atoms with E-state index < -0.39 is 0 Å². The molecule has 0 amide bonds. The molecule has 6 nitrogen and oxygen atoms in total. The molecule has 0 radical (unpaired) electrons. The van der Waals surface area contributed by atoms with Gasteiger partial charge in [-0.05, 0) is 35.4 Å². The summed E-state index contributed by atoms with van der Waals surface area (Å²) in [6.07, 6.45) is 5.27. The molecule has 0 bridgehead atoms. The van der Waals surface area contributed by atoms with Gasteiger partial charge >= 0.3 is 0 Å². The SMILES string of the molecule is c1ccc2[nH]c(-c3ccc(COc4[nH]ncc4-c4ccncc4)cc3)nc2c1. The van der Waals surface area contributed by atoms with Crippen molar-refractivity contribution in [3.63, 3.8) is 0 Å². The molecule has 0 aliphatic heterocycles. The van der Waals surface area contributed by atoms with Crippen LogP contribution in [-0.4, -0.2) is 25.1 Å². The highest BCUT2D eigenvalue weighted by atomic mass is 16.5. The second-order valence-corrected chi connectivity index (χ2v) is 6.44. The van der Waals surface area contributed by atoms with Crippen LogP contribution in [-0.2, 0) is 6.61 Å². The molecule has 0 aliphatic carbocycles. The van der Waals surface area contributed by atoms with Gasteiger partial charge in [0.25, 0.3) is 0 Å². The Kier molecular flexibility index (Phi) is 4.06. The van der Waals surface area contributed by atoms with Gasteiger partial charge in [0.05, 0.1) is 22.8 Å². The van der Waals surface area contributed by atoms with Gasteiger partial charge in [0.2, 0.25) is 5.88 Å². The molecule has 0 saturated heterocycles. The second-order valence-electron chi connectivity index (χ2n) is 6.44. The normalized spacial score (nSPS) is 11.0. The molecule has 0 saturated carbocycles. The van der Waals surface area contributed by atoms with Crippen LogP contribution in [0.5, 0.6) is 5.88 Å². The summed E-state index contributed by atoms with van der Waals surface area (Å²) in [4.78, 5) is 12.0. The molecule has 0 fully saturated rings. The number of hydrogen-bond donors (Lipinski definition) is 2. The fourth-order valence-electron chi connectivity index (χ4n) is 3.13. The van der Waals surface area contributed by atoms with Crippen LogP contribution in [0.25, 0.3) is 33.5 Å². The second kappa shape index (κ2) is 7.00. The number of aromatic amines is 2. The van der Waals surface area contributed by atoms with Gasteiger partial charge in [-0.15, -0.1) is 0 Å². The Morgan fingerprint density at radius 2 is 1.68 bits per heavy atom. The van der Waals surface area contributed by atoms with E-state index in [9.17, 15) is 0 Å². The molecule has 28 heavy (non-hydrogen) atoms. The average Bonchev–Trinajstić information content (AvgIpc) is 3.40. The maximum Gasteiger partial charge on any atom is 0.217 e. The smallest absolute Gasteiger partial charge is 0.217 e. The molecule has 0 aliphatic rings. The maximum atomic E-state index is 5.95. The number of ether oxygens (including phenoxy) is 1. The Bertz CT molecular complexity index is 1180. The van der Waals surface area contributed by atoms with Crippen molar-refractivity contribution in [2.24, 2.45) is 0 Å². The van der Waals surface area contributed by atoms with Crippen LogP contribution in [0.1, 0.15) is 5.56 Å². The molecular formula is C22H17N5O. The lowest BCUT2D eigenvalue weighted by Gasteiger charge is -2.07. The van der Waals surface area contributed by atoms with Gasteiger partial charge in [-0.25, -0.2) is 10.1 Å². The van der Waals surface area contributed by atoms with Crippen molar-refractivity contribution in [1.82, 2.24) is 25.1 Å². The number of pyridine rings is 1. The van der Waals surface area contributed by atoms with Gasteiger partial charge in [-0.3, -0.25) is 4.98 Å². The van der Waals surface area contributed by atoms with Gasteiger partial charge in [-0.1, -0.05) is 36.4 Å². The van der Waals surface area contributed by atoms with Gasteiger partial charge in [0.1, 0.15) is 12.4 Å². The van der Waals surface area contributed by atoms with E-state index in [1.54, 1.807) is 18.6 Å². The summed E-state index contributed by atoms with van der Waals surface area (Å²) in [7, 11) is 0. The summed E-state index contributed by atoms with van der Waals surface area (Å²) >= 11 is 0. The molecule has 6 heteroatoms. The van der Waals surface area contributed by atoms with E-state index in [0.717, 1.165) is 39.1 Å². The van der Waals surface area contributed by atoms with E-state index in [1.807, 2.05) is 60.7 Å². The van der Waals surface area contributed by atoms with Crippen LogP contribution < -0.4 is 4.74 Å². The Hall–Kier alpha value is -3.93. The Morgan fingerprint density at radius 1 is 0.857 bits per heavy atom. The molecule has 5 aromatic rings. The zero-order valence-electron chi connectivity index (χ0n) is 15.0. The molecule has 136 valence electrons. The monoisotopic (exact) mass is 367 g/mol. The molecule has 5 rings (SSSR count). The van der Waals surface area contributed by atoms with Gasteiger partial charge in [0, 0.05) is 18.0 Å². The van der Waals surface area contributed by atoms with Crippen molar-refractivity contribution in [3.05, 3.63) is 84.8 Å². The van der Waals surface area contributed by atoms with Crippen molar-refractivity contribution in [2.45, 2.75) is 6.61 Å². The molecule has 2 N–H and O–H groups in total. The number of aromatic nitrogens is 5. The third-order valence-corrected chi connectivity index (χ3v) is 4.60. The Morgan fingerprint density at radius 3 is 2.50 bits per heavy atom. The zero-order valence-corrected chi connectivity index (χ0v) is 15.0. The number of hydrogen-bond acceptors (Lipinski definition) is 4. The summed E-state index contributed by atoms with van der Waals surface area (Å²) < 4.78 is 5.95. The molecule has 3 heterocycles. The van der Waals surface area contributed by atoms with Crippen molar-refractivity contribution < 1.29 is 4.74 Å². The van der Waals surface area contributed by atoms with E-state index in [-0.39, 0.29) is 0 Å². The first-order chi connectivity index (χ1) is 13.9. The molecule has 0 spiro atoms. The quantitative estimate of drug-likeness (QED) is 0.476. The minimum absolute atomic E-state index is 0.445. The van der Waals surface area contributed by atoms with Crippen LogP contribution in [0, 0.1) is 0 Å². The number of nitrogens with zero attached hydrogens (tertiary/aromatic N) is 3. The van der Waals surface area contributed by atoms with Crippen LogP contribution in [0.2, 0.25) is 0 Å². The minimum Gasteiger partial charge on any atom is -0.473 e. The highest BCUT2D eigenvalue weighted by Crippen LogP contribution is 2.28. The number of para-hydroxylation sites is 2. The number of benzene rings is 2. The number of H-pyrrole nitrogens is 2. The molecule has 3 aromatic heterocycles. The van der Waals surface area contributed by atoms with Crippen LogP contribution in [0.4, 0.5) is 0 Å². The Balaban J connectivity index is 1.32. The first-order valence-corrected chi connectivity index (χ1v) is 8.97. The van der Waals surface area contributed by atoms with E-state index in [1.165, 1.54) is 0 Å². The Labute approximate surface area is 161 Å². The fourth-order valence-corrected chi connectivity index (χ4v) is 3.13. The predicted octanol–water partition coefficient (Wildman–Crippen LogP) is 4.59. The largest absolute Gasteiger partial charge is 0.473 e. The van der Waals surface area contributed by atoms with Crippen molar-refractivity contribution >= 4 is 11.0 Å². The molecule has 2 aromatic carbocycles. The van der Waals surface area contributed by atoms with Crippen LogP contribution in [0.15, 0.2) is 79.3 Å². The van der Waals surface area contributed by atoms with Crippen LogP contribution in [0.3, 0.4) is 0 Å². The molecule has 0 atom stereocenters. The summed E-state index contributed by atoms with van der Waals surface area (Å²) in [5.74, 6) is 1.51. The van der Waals surface area contributed by atoms with Gasteiger partial charge in [-0.2, -0.15) is 5.10 Å². The minimum atomic E-state index is 0.445. The lowest BCUT2D eigenvalue weighted by atomic mass is 10.1. The van der Waals surface area contributed by atoms with E-state index >= 15 is 0 Å². The van der Waals surface area contributed by atoms with Crippen LogP contribution >= 0.6 is 0 Å². The molecule has 0 unspecified atom stereocenters. The lowest BCUT2D eigenvalue weighted by molar-refractivity contribution is 0.294. The summed E-state index contributed by atoms with van der Waals surface area (Å²) in [6.45, 7) is 0.445. The summed E-state index contributed by atoms with van der Waals surface area (Å²) in [6, 6.07) is 20.1. The number of fused-ring (bicyclic) bond motifs is 1. The standard InChI is InChI=1S/C22H17N5O/c1-2-4-20-19(3-1)25-21(26-20)17-7-5-15(6-8-17)14-28-22-18(13-24-27-22)16-9-11-23-12-10-16/h1-13H,14H2,(H,24,27)(H,25,26). The molecular weight excluding hydrogens is 350 g/mol. The first kappa shape index (κ1) is 16.3.